The van der Waals surface area contributed by atoms with Gasteiger partial charge in [-0.2, -0.15) is 0 Å². The van der Waals surface area contributed by atoms with Crippen LogP contribution < -0.4 is 5.32 Å². The van der Waals surface area contributed by atoms with E-state index in [9.17, 15) is 0 Å². The van der Waals surface area contributed by atoms with Crippen molar-refractivity contribution in [1.82, 2.24) is 0 Å². The molecule has 1 aliphatic heterocycles. The van der Waals surface area contributed by atoms with E-state index in [0.717, 1.165) is 0 Å². The lowest BCUT2D eigenvalue weighted by Gasteiger charge is -2.19. The molecule has 5 heteroatoms. The summed E-state index contributed by atoms with van der Waals surface area (Å²) in [5.41, 5.74) is 2.41. The SMILES string of the molecule is O=C(Cl)Cl.c1ccc2c(c1)Nc1ccccc1S2. The maximum atomic E-state index is 8.98. The van der Waals surface area contributed by atoms with Gasteiger partial charge in [0, 0.05) is 9.79 Å². The number of hydrogen-bond acceptors (Lipinski definition) is 3. The number of nitrogens with one attached hydrogen (secondary N) is 1. The van der Waals surface area contributed by atoms with E-state index in [1.807, 2.05) is 11.8 Å². The summed E-state index contributed by atoms with van der Waals surface area (Å²) in [6.07, 6.45) is 0. The average Bonchev–Trinajstić information content (AvgIpc) is 2.35. The van der Waals surface area contributed by atoms with E-state index >= 15 is 0 Å². The van der Waals surface area contributed by atoms with Crippen molar-refractivity contribution in [2.45, 2.75) is 9.79 Å². The predicted octanol–water partition coefficient (Wildman–Crippen LogP) is 5.48. The van der Waals surface area contributed by atoms with Crippen LogP contribution in [0, 0.1) is 0 Å². The molecule has 0 atom stereocenters. The Morgan fingerprint density at radius 2 is 1.28 bits per heavy atom. The Hall–Kier alpha value is -1.16. The van der Waals surface area contributed by atoms with Gasteiger partial charge in [0.2, 0.25) is 0 Å². The van der Waals surface area contributed by atoms with Crippen molar-refractivity contribution in [1.29, 1.82) is 0 Å². The first-order valence-electron chi connectivity index (χ1n) is 5.15. The number of halogens is 2. The second-order valence-electron chi connectivity index (χ2n) is 3.45. The van der Waals surface area contributed by atoms with Crippen LogP contribution >= 0.6 is 35.0 Å². The Morgan fingerprint density at radius 1 is 0.889 bits per heavy atom. The Bertz CT molecular complexity index is 483. The van der Waals surface area contributed by atoms with Crippen molar-refractivity contribution in [2.75, 3.05) is 5.32 Å². The second-order valence-corrected chi connectivity index (χ2v) is 5.41. The molecule has 92 valence electrons. The fourth-order valence-electron chi connectivity index (χ4n) is 1.58. The van der Waals surface area contributed by atoms with Gasteiger partial charge in [0.1, 0.15) is 0 Å². The molecule has 1 N–H and O–H groups in total. The first-order chi connectivity index (χ1) is 8.66. The number of carbonyl (C=O) groups excluding carboxylic acids is 1. The third-order valence-corrected chi connectivity index (χ3v) is 3.42. The zero-order valence-electron chi connectivity index (χ0n) is 9.19. The van der Waals surface area contributed by atoms with Crippen molar-refractivity contribution in [3.63, 3.8) is 0 Å². The van der Waals surface area contributed by atoms with Crippen molar-refractivity contribution < 1.29 is 4.79 Å². The molecule has 0 saturated heterocycles. The van der Waals surface area contributed by atoms with E-state index in [1.165, 1.54) is 21.2 Å². The van der Waals surface area contributed by atoms with Crippen LogP contribution in [0.1, 0.15) is 0 Å². The largest absolute Gasteiger partial charge is 0.354 e. The molecule has 0 spiro atoms. The fraction of sp³-hybridized carbons (Fsp3) is 0. The van der Waals surface area contributed by atoms with E-state index in [-0.39, 0.29) is 0 Å². The summed E-state index contributed by atoms with van der Waals surface area (Å²) in [5, 5.41) is 3.42. The summed E-state index contributed by atoms with van der Waals surface area (Å²) in [6.45, 7) is 0. The highest BCUT2D eigenvalue weighted by Gasteiger charge is 2.13. The quantitative estimate of drug-likeness (QED) is 0.557. The van der Waals surface area contributed by atoms with E-state index in [1.54, 1.807) is 0 Å². The zero-order chi connectivity index (χ0) is 13.0. The highest BCUT2D eigenvalue weighted by molar-refractivity contribution is 7.99. The standard InChI is InChI=1S/C12H9NS.CCl2O/c1-3-7-11-9(5-1)13-10-6-2-4-8-12(10)14-11;2-1(3)4/h1-8,13H;. The molecule has 0 radical (unpaired) electrons. The molecule has 0 bridgehead atoms. The van der Waals surface area contributed by atoms with Crippen LogP contribution in [0.5, 0.6) is 0 Å². The second kappa shape index (κ2) is 6.14. The molecule has 0 saturated carbocycles. The van der Waals surface area contributed by atoms with Crippen molar-refractivity contribution in [2.24, 2.45) is 0 Å². The minimum absolute atomic E-state index is 0.889. The number of anilines is 2. The molecular weight excluding hydrogens is 289 g/mol. The van der Waals surface area contributed by atoms with Crippen LogP contribution in [0.2, 0.25) is 0 Å². The normalized spacial score (nSPS) is 11.2. The van der Waals surface area contributed by atoms with Gasteiger partial charge in [0.15, 0.2) is 0 Å². The molecule has 2 nitrogen and oxygen atoms in total. The summed E-state index contributed by atoms with van der Waals surface area (Å²) in [5.74, 6) is 0. The molecular formula is C13H9Cl2NOS. The first kappa shape index (κ1) is 13.3. The molecule has 3 rings (SSSR count). The lowest BCUT2D eigenvalue weighted by molar-refractivity contribution is 0.275. The predicted molar refractivity (Wildman–Crippen MR) is 77.4 cm³/mol. The highest BCUT2D eigenvalue weighted by Crippen LogP contribution is 2.43. The van der Waals surface area contributed by atoms with Gasteiger partial charge in [-0.15, -0.1) is 0 Å². The third kappa shape index (κ3) is 3.42. The van der Waals surface area contributed by atoms with E-state index in [2.05, 4.69) is 77.0 Å². The number of benzene rings is 2. The van der Waals surface area contributed by atoms with Crippen LogP contribution in [0.15, 0.2) is 58.3 Å². The summed E-state index contributed by atoms with van der Waals surface area (Å²) in [7, 11) is 0. The topological polar surface area (TPSA) is 29.1 Å². The van der Waals surface area contributed by atoms with Gasteiger partial charge >= 0.3 is 4.70 Å². The van der Waals surface area contributed by atoms with Crippen molar-refractivity contribution in [3.05, 3.63) is 48.5 Å². The molecule has 0 amide bonds. The third-order valence-electron chi connectivity index (χ3n) is 2.26. The Kier molecular flexibility index (Phi) is 4.53. The van der Waals surface area contributed by atoms with Crippen LogP contribution in [0.3, 0.4) is 0 Å². The van der Waals surface area contributed by atoms with Crippen LogP contribution in [0.4, 0.5) is 16.2 Å². The molecule has 0 unspecified atom stereocenters. The maximum Gasteiger partial charge on any atom is 0.313 e. The number of hydrogen-bond donors (Lipinski definition) is 1. The van der Waals surface area contributed by atoms with Crippen molar-refractivity contribution >= 4 is 51.0 Å². The van der Waals surface area contributed by atoms with Gasteiger partial charge in [-0.05, 0) is 47.5 Å². The summed E-state index contributed by atoms with van der Waals surface area (Å²) in [4.78, 5) is 11.6. The Balaban J connectivity index is 0.000000267. The summed E-state index contributed by atoms with van der Waals surface area (Å²) >= 11 is 10.6. The zero-order valence-corrected chi connectivity index (χ0v) is 11.5. The number of rotatable bonds is 0. The molecule has 2 aromatic carbocycles. The van der Waals surface area contributed by atoms with E-state index in [0.29, 0.717) is 0 Å². The lowest BCUT2D eigenvalue weighted by Crippen LogP contribution is -1.98. The number of fused-ring (bicyclic) bond motifs is 2. The van der Waals surface area contributed by atoms with Gasteiger partial charge in [0.25, 0.3) is 0 Å². The van der Waals surface area contributed by atoms with Crippen LogP contribution in [-0.2, 0) is 0 Å². The molecule has 0 fully saturated rings. The first-order valence-corrected chi connectivity index (χ1v) is 6.72. The number of para-hydroxylation sites is 2. The van der Waals surface area contributed by atoms with Gasteiger partial charge in [-0.25, -0.2) is 0 Å². The van der Waals surface area contributed by atoms with E-state index in [4.69, 9.17) is 4.79 Å². The Labute approximate surface area is 119 Å². The lowest BCUT2D eigenvalue weighted by atomic mass is 10.2. The molecule has 1 heterocycles. The smallest absolute Gasteiger partial charge is 0.313 e. The molecule has 0 aliphatic carbocycles. The highest BCUT2D eigenvalue weighted by atomic mass is 35.5. The van der Waals surface area contributed by atoms with Gasteiger partial charge in [-0.3, -0.25) is 4.79 Å². The summed E-state index contributed by atoms with van der Waals surface area (Å²) < 4.78 is -0.889. The molecule has 0 aromatic heterocycles. The molecule has 2 aromatic rings. The molecule has 1 aliphatic rings. The summed E-state index contributed by atoms with van der Waals surface area (Å²) in [6, 6.07) is 16.8. The average molecular weight is 298 g/mol. The molecule has 18 heavy (non-hydrogen) atoms. The number of carbonyl (C=O) groups is 1. The fourth-order valence-corrected chi connectivity index (χ4v) is 2.57. The van der Waals surface area contributed by atoms with Gasteiger partial charge in [-0.1, -0.05) is 36.0 Å². The minimum atomic E-state index is -0.889. The monoisotopic (exact) mass is 297 g/mol. The van der Waals surface area contributed by atoms with E-state index < -0.39 is 4.70 Å². The Morgan fingerprint density at radius 3 is 1.72 bits per heavy atom. The van der Waals surface area contributed by atoms with Crippen molar-refractivity contribution in [3.8, 4) is 0 Å². The van der Waals surface area contributed by atoms with Crippen LogP contribution in [-0.4, -0.2) is 4.70 Å². The maximum absolute atomic E-state index is 8.98. The van der Waals surface area contributed by atoms with Crippen LogP contribution in [0.25, 0.3) is 0 Å². The van der Waals surface area contributed by atoms with Gasteiger partial charge in [0.05, 0.1) is 11.4 Å². The van der Waals surface area contributed by atoms with Gasteiger partial charge < -0.3 is 5.32 Å². The minimum Gasteiger partial charge on any atom is -0.354 e.